The Labute approximate surface area is 211 Å². The van der Waals surface area contributed by atoms with Crippen molar-refractivity contribution < 1.29 is 49.2 Å². The van der Waals surface area contributed by atoms with E-state index in [0.29, 0.717) is 5.56 Å². The van der Waals surface area contributed by atoms with Crippen LogP contribution >= 0.6 is 0 Å². The highest BCUT2D eigenvalue weighted by Crippen LogP contribution is 2.12. The fraction of sp³-hybridized carbons (Fsp3) is 0.455. The number of hydrogen-bond donors (Lipinski definition) is 9. The van der Waals surface area contributed by atoms with Crippen molar-refractivity contribution in [3.8, 4) is 5.75 Å². The largest absolute Gasteiger partial charge is 0.508 e. The molecule has 37 heavy (non-hydrogen) atoms. The Kier molecular flexibility index (Phi) is 11.9. The highest BCUT2D eigenvalue weighted by molar-refractivity contribution is 5.95. The highest BCUT2D eigenvalue weighted by atomic mass is 16.4. The molecule has 0 aliphatic carbocycles. The minimum Gasteiger partial charge on any atom is -0.508 e. The van der Waals surface area contributed by atoms with Gasteiger partial charge in [-0.2, -0.15) is 0 Å². The van der Waals surface area contributed by atoms with E-state index in [4.69, 9.17) is 16.6 Å². The molecule has 1 aromatic rings. The average molecular weight is 526 g/mol. The third-order valence-corrected chi connectivity index (χ3v) is 5.10. The molecule has 0 spiro atoms. The van der Waals surface area contributed by atoms with Gasteiger partial charge in [-0.05, 0) is 31.0 Å². The van der Waals surface area contributed by atoms with Crippen LogP contribution in [-0.2, 0) is 35.2 Å². The maximum Gasteiger partial charge on any atom is 0.326 e. The normalized spacial score (nSPS) is 14.8. The van der Waals surface area contributed by atoms with Gasteiger partial charge >= 0.3 is 11.9 Å². The van der Waals surface area contributed by atoms with Gasteiger partial charge in [-0.3, -0.25) is 24.0 Å². The molecule has 204 valence electrons. The van der Waals surface area contributed by atoms with Gasteiger partial charge in [0.2, 0.25) is 23.6 Å². The molecular formula is C22H31N5O10. The van der Waals surface area contributed by atoms with Crippen molar-refractivity contribution in [1.82, 2.24) is 16.0 Å². The van der Waals surface area contributed by atoms with E-state index in [9.17, 15) is 44.1 Å². The van der Waals surface area contributed by atoms with Crippen molar-refractivity contribution in [1.29, 1.82) is 0 Å². The van der Waals surface area contributed by atoms with Crippen molar-refractivity contribution in [2.24, 2.45) is 11.5 Å². The lowest BCUT2D eigenvalue weighted by Gasteiger charge is -2.26. The summed E-state index contributed by atoms with van der Waals surface area (Å²) < 4.78 is 0. The zero-order valence-electron chi connectivity index (χ0n) is 19.9. The number of phenols is 1. The number of nitrogens with two attached hydrogens (primary N) is 2. The molecule has 0 bridgehead atoms. The van der Waals surface area contributed by atoms with Crippen LogP contribution < -0.4 is 27.4 Å². The summed E-state index contributed by atoms with van der Waals surface area (Å²) in [5, 5.41) is 44.3. The van der Waals surface area contributed by atoms with Crippen LogP contribution in [-0.4, -0.2) is 86.3 Å². The Bertz CT molecular complexity index is 998. The average Bonchev–Trinajstić information content (AvgIpc) is 2.79. The molecule has 0 saturated carbocycles. The van der Waals surface area contributed by atoms with Crippen molar-refractivity contribution in [2.45, 2.75) is 62.9 Å². The molecule has 0 aliphatic rings. The van der Waals surface area contributed by atoms with Crippen LogP contribution in [0.4, 0.5) is 0 Å². The number of carbonyl (C=O) groups is 6. The van der Waals surface area contributed by atoms with Gasteiger partial charge in [-0.1, -0.05) is 12.1 Å². The van der Waals surface area contributed by atoms with Crippen LogP contribution in [0.2, 0.25) is 0 Å². The maximum absolute atomic E-state index is 13.0. The number of carboxylic acids is 2. The van der Waals surface area contributed by atoms with Gasteiger partial charge in [0.1, 0.15) is 23.9 Å². The summed E-state index contributed by atoms with van der Waals surface area (Å²) in [5.74, 6) is -6.72. The monoisotopic (exact) mass is 525 g/mol. The Morgan fingerprint density at radius 3 is 1.95 bits per heavy atom. The van der Waals surface area contributed by atoms with Crippen molar-refractivity contribution in [2.75, 3.05) is 0 Å². The molecular weight excluding hydrogens is 494 g/mol. The lowest BCUT2D eigenvalue weighted by molar-refractivity contribution is -0.143. The smallest absolute Gasteiger partial charge is 0.326 e. The van der Waals surface area contributed by atoms with Crippen molar-refractivity contribution in [3.63, 3.8) is 0 Å². The second-order valence-corrected chi connectivity index (χ2v) is 8.27. The predicted molar refractivity (Wildman–Crippen MR) is 126 cm³/mol. The molecule has 11 N–H and O–H groups in total. The number of nitrogens with one attached hydrogen (secondary N) is 3. The van der Waals surface area contributed by atoms with Gasteiger partial charge < -0.3 is 47.8 Å². The third kappa shape index (κ3) is 10.9. The quantitative estimate of drug-likeness (QED) is 0.111. The Balaban J connectivity index is 3.10. The Hall–Kier alpha value is -4.24. The summed E-state index contributed by atoms with van der Waals surface area (Å²) in [6.07, 6.45) is -3.10. The van der Waals surface area contributed by atoms with Gasteiger partial charge in [0.25, 0.3) is 0 Å². The first-order valence-electron chi connectivity index (χ1n) is 11.1. The molecule has 5 atom stereocenters. The number of benzene rings is 1. The van der Waals surface area contributed by atoms with Crippen molar-refractivity contribution >= 4 is 35.6 Å². The first kappa shape index (κ1) is 30.8. The standard InChI is InChI=1S/C22H31N5O10/c1-10(28)18(21(35)25-14(22(36)37)6-7-16(24)30)27-20(34)15(8-11-2-4-12(29)5-3-11)26-19(33)13(23)9-17(31)32/h2-5,10,13-15,18,28-29H,6-9,23H2,1H3,(H2,24,30)(H,25,35)(H,26,33)(H,27,34)(H,31,32)(H,36,37). The molecule has 0 heterocycles. The summed E-state index contributed by atoms with van der Waals surface area (Å²) in [6.45, 7) is 1.15. The van der Waals surface area contributed by atoms with E-state index in [0.717, 1.165) is 6.92 Å². The number of primary amides is 1. The summed E-state index contributed by atoms with van der Waals surface area (Å²) in [5.41, 5.74) is 11.0. The molecule has 0 aromatic heterocycles. The van der Waals surface area contributed by atoms with Gasteiger partial charge in [0, 0.05) is 12.8 Å². The van der Waals surface area contributed by atoms with E-state index >= 15 is 0 Å². The van der Waals surface area contributed by atoms with Crippen LogP contribution in [0.15, 0.2) is 24.3 Å². The van der Waals surface area contributed by atoms with Crippen LogP contribution in [0.25, 0.3) is 0 Å². The van der Waals surface area contributed by atoms with E-state index in [1.165, 1.54) is 24.3 Å². The molecule has 0 fully saturated rings. The molecule has 0 saturated heterocycles. The molecule has 15 heteroatoms. The number of rotatable bonds is 15. The van der Waals surface area contributed by atoms with Gasteiger partial charge in [0.05, 0.1) is 18.6 Å². The summed E-state index contributed by atoms with van der Waals surface area (Å²) in [4.78, 5) is 71.4. The lowest BCUT2D eigenvalue weighted by Crippen LogP contribution is -2.60. The van der Waals surface area contributed by atoms with Gasteiger partial charge in [-0.25, -0.2) is 4.79 Å². The number of aliphatic hydroxyl groups excluding tert-OH is 1. The minimum atomic E-state index is -1.67. The molecule has 0 aliphatic heterocycles. The number of hydrogen-bond acceptors (Lipinski definition) is 9. The van der Waals surface area contributed by atoms with Crippen LogP contribution in [0.1, 0.15) is 31.7 Å². The second-order valence-electron chi connectivity index (χ2n) is 8.27. The molecule has 4 amide bonds. The lowest BCUT2D eigenvalue weighted by atomic mass is 10.0. The van der Waals surface area contributed by atoms with Gasteiger partial charge in [0.15, 0.2) is 0 Å². The minimum absolute atomic E-state index is 0.0626. The predicted octanol–water partition coefficient (Wildman–Crippen LogP) is -3.08. The summed E-state index contributed by atoms with van der Waals surface area (Å²) in [6, 6.07) is -0.559. The molecule has 1 aromatic carbocycles. The first-order chi connectivity index (χ1) is 17.2. The zero-order valence-corrected chi connectivity index (χ0v) is 19.9. The summed E-state index contributed by atoms with van der Waals surface area (Å²) >= 11 is 0. The SMILES string of the molecule is CC(O)C(NC(=O)C(Cc1ccc(O)cc1)NC(=O)C(N)CC(=O)O)C(=O)NC(CCC(N)=O)C(=O)O. The maximum atomic E-state index is 13.0. The van der Waals surface area contributed by atoms with E-state index in [-0.39, 0.29) is 25.0 Å². The highest BCUT2D eigenvalue weighted by Gasteiger charge is 2.33. The third-order valence-electron chi connectivity index (χ3n) is 5.10. The van der Waals surface area contributed by atoms with Crippen LogP contribution in [0, 0.1) is 0 Å². The van der Waals surface area contributed by atoms with E-state index in [2.05, 4.69) is 16.0 Å². The molecule has 15 nitrogen and oxygen atoms in total. The first-order valence-corrected chi connectivity index (χ1v) is 11.1. The van der Waals surface area contributed by atoms with E-state index < -0.39 is 72.3 Å². The molecule has 5 unspecified atom stereocenters. The zero-order chi connectivity index (χ0) is 28.3. The fourth-order valence-electron chi connectivity index (χ4n) is 3.10. The Morgan fingerprint density at radius 1 is 0.892 bits per heavy atom. The number of aromatic hydroxyl groups is 1. The van der Waals surface area contributed by atoms with Crippen LogP contribution in [0.5, 0.6) is 5.75 Å². The number of carboxylic acid groups (broad SMARTS) is 2. The Morgan fingerprint density at radius 2 is 1.46 bits per heavy atom. The topological polar surface area (TPSA) is 271 Å². The van der Waals surface area contributed by atoms with E-state index in [1.54, 1.807) is 0 Å². The molecule has 1 rings (SSSR count). The number of carbonyl (C=O) groups excluding carboxylic acids is 4. The number of aliphatic hydroxyl groups is 1. The van der Waals surface area contributed by atoms with Crippen LogP contribution in [0.3, 0.4) is 0 Å². The van der Waals surface area contributed by atoms with Gasteiger partial charge in [-0.15, -0.1) is 0 Å². The summed E-state index contributed by atoms with van der Waals surface area (Å²) in [7, 11) is 0. The van der Waals surface area contributed by atoms with E-state index in [1.807, 2.05) is 0 Å². The number of aliphatic carboxylic acids is 2. The fourth-order valence-corrected chi connectivity index (χ4v) is 3.10. The van der Waals surface area contributed by atoms with Crippen molar-refractivity contribution in [3.05, 3.63) is 29.8 Å². The second kappa shape index (κ2) is 14.4. The number of amides is 4. The number of phenolic OH excluding ortho intramolecular Hbond substituents is 1. The molecule has 0 radical (unpaired) electrons.